The average molecular weight is 276 g/mol. The number of benzene rings is 1. The molecule has 0 amide bonds. The fourth-order valence-electron chi connectivity index (χ4n) is 3.20. The molecule has 1 aliphatic heterocycles. The molecule has 3 atom stereocenters. The van der Waals surface area contributed by atoms with Crippen molar-refractivity contribution in [3.63, 3.8) is 0 Å². The van der Waals surface area contributed by atoms with Gasteiger partial charge in [0.2, 0.25) is 0 Å². The average Bonchev–Trinajstić information content (AvgIpc) is 2.37. The van der Waals surface area contributed by atoms with Crippen molar-refractivity contribution in [2.75, 3.05) is 19.6 Å². The molecule has 20 heavy (non-hydrogen) atoms. The molecule has 3 heteroatoms. The molecule has 3 unspecified atom stereocenters. The summed E-state index contributed by atoms with van der Waals surface area (Å²) in [5, 5.41) is 0. The van der Waals surface area contributed by atoms with E-state index in [0.717, 1.165) is 19.6 Å². The van der Waals surface area contributed by atoms with Gasteiger partial charge in [0.25, 0.3) is 0 Å². The summed E-state index contributed by atoms with van der Waals surface area (Å²) in [4.78, 5) is 2.49. The molecule has 1 heterocycles. The minimum Gasteiger partial charge on any atom is -0.373 e. The van der Waals surface area contributed by atoms with Gasteiger partial charge in [0.05, 0.1) is 12.2 Å². The van der Waals surface area contributed by atoms with Crippen LogP contribution in [0.25, 0.3) is 0 Å². The zero-order chi connectivity index (χ0) is 14.8. The summed E-state index contributed by atoms with van der Waals surface area (Å²) in [5.74, 6) is 0. The lowest BCUT2D eigenvalue weighted by molar-refractivity contribution is -0.0771. The van der Waals surface area contributed by atoms with Gasteiger partial charge in [0.1, 0.15) is 0 Å². The minimum atomic E-state index is 0.0398. The third-order valence-corrected chi connectivity index (χ3v) is 4.13. The third kappa shape index (κ3) is 3.81. The molecule has 0 aliphatic carbocycles. The van der Waals surface area contributed by atoms with Crippen LogP contribution in [0.15, 0.2) is 30.3 Å². The zero-order valence-electron chi connectivity index (χ0n) is 13.2. The summed E-state index contributed by atoms with van der Waals surface area (Å²) >= 11 is 0. The van der Waals surface area contributed by atoms with E-state index in [1.807, 2.05) is 6.07 Å². The van der Waals surface area contributed by atoms with E-state index in [9.17, 15) is 0 Å². The van der Waals surface area contributed by atoms with E-state index in [0.29, 0.717) is 12.2 Å². The lowest BCUT2D eigenvalue weighted by atomic mass is 9.80. The summed E-state index contributed by atoms with van der Waals surface area (Å²) < 4.78 is 5.80. The number of hydrogen-bond donors (Lipinski definition) is 1. The van der Waals surface area contributed by atoms with Gasteiger partial charge in [0, 0.05) is 25.7 Å². The highest BCUT2D eigenvalue weighted by Gasteiger charge is 2.32. The first-order valence-electron chi connectivity index (χ1n) is 7.57. The second-order valence-corrected chi connectivity index (χ2v) is 6.83. The van der Waals surface area contributed by atoms with Crippen LogP contribution in [0.4, 0.5) is 0 Å². The Kier molecular flexibility index (Phi) is 4.84. The lowest BCUT2D eigenvalue weighted by Gasteiger charge is -2.42. The van der Waals surface area contributed by atoms with E-state index in [1.54, 1.807) is 0 Å². The number of nitrogens with two attached hydrogens (primary N) is 1. The minimum absolute atomic E-state index is 0.0398. The van der Waals surface area contributed by atoms with Gasteiger partial charge in [-0.15, -0.1) is 0 Å². The molecular formula is C17H28N2O. The van der Waals surface area contributed by atoms with Gasteiger partial charge < -0.3 is 10.5 Å². The van der Waals surface area contributed by atoms with E-state index in [2.05, 4.69) is 56.9 Å². The zero-order valence-corrected chi connectivity index (χ0v) is 13.2. The normalized spacial score (nSPS) is 26.4. The molecule has 1 fully saturated rings. The summed E-state index contributed by atoms with van der Waals surface area (Å²) in [7, 11) is 0. The van der Waals surface area contributed by atoms with Gasteiger partial charge in [-0.05, 0) is 24.8 Å². The van der Waals surface area contributed by atoms with Crippen molar-refractivity contribution in [1.29, 1.82) is 0 Å². The van der Waals surface area contributed by atoms with Crippen molar-refractivity contribution in [3.05, 3.63) is 35.9 Å². The van der Waals surface area contributed by atoms with Gasteiger partial charge in [0.15, 0.2) is 0 Å². The molecule has 1 aromatic rings. The Hall–Kier alpha value is -0.900. The van der Waals surface area contributed by atoms with E-state index < -0.39 is 0 Å². The molecule has 0 saturated carbocycles. The van der Waals surface area contributed by atoms with Crippen molar-refractivity contribution in [2.24, 2.45) is 11.1 Å². The first-order valence-corrected chi connectivity index (χ1v) is 7.57. The number of hydrogen-bond acceptors (Lipinski definition) is 3. The molecule has 3 nitrogen and oxygen atoms in total. The first kappa shape index (κ1) is 15.5. The summed E-state index contributed by atoms with van der Waals surface area (Å²) in [6.45, 7) is 11.8. The van der Waals surface area contributed by atoms with E-state index in [1.165, 1.54) is 5.56 Å². The van der Waals surface area contributed by atoms with Gasteiger partial charge >= 0.3 is 0 Å². The predicted octanol–water partition coefficient (Wildman–Crippen LogP) is 2.82. The Bertz CT molecular complexity index is 408. The molecule has 0 bridgehead atoms. The van der Waals surface area contributed by atoms with Crippen LogP contribution in [-0.4, -0.2) is 36.7 Å². The van der Waals surface area contributed by atoms with Crippen molar-refractivity contribution < 1.29 is 4.74 Å². The highest BCUT2D eigenvalue weighted by molar-refractivity contribution is 5.20. The van der Waals surface area contributed by atoms with Crippen LogP contribution in [0.2, 0.25) is 0 Å². The Morgan fingerprint density at radius 3 is 2.30 bits per heavy atom. The molecule has 0 radical (unpaired) electrons. The predicted molar refractivity (Wildman–Crippen MR) is 83.6 cm³/mol. The van der Waals surface area contributed by atoms with Gasteiger partial charge in [-0.3, -0.25) is 4.90 Å². The quantitative estimate of drug-likeness (QED) is 0.919. The molecule has 2 rings (SSSR count). The van der Waals surface area contributed by atoms with Crippen molar-refractivity contribution in [3.8, 4) is 0 Å². The second-order valence-electron chi connectivity index (χ2n) is 6.83. The summed E-state index contributed by atoms with van der Waals surface area (Å²) in [6, 6.07) is 10.5. The van der Waals surface area contributed by atoms with Crippen LogP contribution in [0, 0.1) is 5.41 Å². The molecule has 1 saturated heterocycles. The van der Waals surface area contributed by atoms with Crippen LogP contribution < -0.4 is 5.73 Å². The maximum absolute atomic E-state index is 6.50. The van der Waals surface area contributed by atoms with Crippen LogP contribution >= 0.6 is 0 Å². The van der Waals surface area contributed by atoms with Gasteiger partial charge in [-0.2, -0.15) is 0 Å². The molecular weight excluding hydrogens is 248 g/mol. The Labute approximate surface area is 123 Å². The molecule has 0 aromatic heterocycles. The van der Waals surface area contributed by atoms with Crippen molar-refractivity contribution in [1.82, 2.24) is 4.90 Å². The standard InChI is InChI=1S/C17H28N2O/c1-13-10-19(11-14(2)20-13)12-17(3,4)16(18)15-8-6-5-7-9-15/h5-9,13-14,16H,10-12,18H2,1-4H3. The smallest absolute Gasteiger partial charge is 0.0678 e. The van der Waals surface area contributed by atoms with Crippen LogP contribution in [-0.2, 0) is 4.74 Å². The monoisotopic (exact) mass is 276 g/mol. The molecule has 0 spiro atoms. The topological polar surface area (TPSA) is 38.5 Å². The van der Waals surface area contributed by atoms with Gasteiger partial charge in [-0.1, -0.05) is 44.2 Å². The molecule has 2 N–H and O–H groups in total. The fraction of sp³-hybridized carbons (Fsp3) is 0.647. The highest BCUT2D eigenvalue weighted by Crippen LogP contribution is 2.32. The maximum atomic E-state index is 6.50. The number of rotatable bonds is 4. The lowest BCUT2D eigenvalue weighted by Crippen LogP contribution is -2.50. The Morgan fingerprint density at radius 1 is 1.20 bits per heavy atom. The molecule has 112 valence electrons. The SMILES string of the molecule is CC1CN(CC(C)(C)C(N)c2ccccc2)CC(C)O1. The largest absolute Gasteiger partial charge is 0.373 e. The first-order chi connectivity index (χ1) is 9.38. The summed E-state index contributed by atoms with van der Waals surface area (Å²) in [5.41, 5.74) is 7.76. The van der Waals surface area contributed by atoms with Crippen molar-refractivity contribution in [2.45, 2.75) is 45.9 Å². The Balaban J connectivity index is 2.03. The van der Waals surface area contributed by atoms with Gasteiger partial charge in [-0.25, -0.2) is 0 Å². The number of nitrogens with zero attached hydrogens (tertiary/aromatic N) is 1. The number of ether oxygens (including phenoxy) is 1. The second kappa shape index (κ2) is 6.25. The summed E-state index contributed by atoms with van der Waals surface area (Å²) in [6.07, 6.45) is 0.616. The molecule has 1 aliphatic rings. The van der Waals surface area contributed by atoms with E-state index >= 15 is 0 Å². The van der Waals surface area contributed by atoms with Crippen LogP contribution in [0.1, 0.15) is 39.3 Å². The Morgan fingerprint density at radius 2 is 1.75 bits per heavy atom. The van der Waals surface area contributed by atoms with Crippen LogP contribution in [0.3, 0.4) is 0 Å². The van der Waals surface area contributed by atoms with Crippen molar-refractivity contribution >= 4 is 0 Å². The maximum Gasteiger partial charge on any atom is 0.0678 e. The molecule has 1 aromatic carbocycles. The van der Waals surface area contributed by atoms with Crippen LogP contribution in [0.5, 0.6) is 0 Å². The van der Waals surface area contributed by atoms with E-state index in [4.69, 9.17) is 10.5 Å². The highest BCUT2D eigenvalue weighted by atomic mass is 16.5. The van der Waals surface area contributed by atoms with E-state index in [-0.39, 0.29) is 11.5 Å². The fourth-order valence-corrected chi connectivity index (χ4v) is 3.20. The number of morpholine rings is 1. The third-order valence-electron chi connectivity index (χ3n) is 4.13.